The third kappa shape index (κ3) is 5.15. The maximum atomic E-state index is 5.97. The van der Waals surface area contributed by atoms with E-state index in [0.717, 1.165) is 36.0 Å². The number of thiazole rings is 1. The molecule has 19 heavy (non-hydrogen) atoms. The molecule has 0 fully saturated rings. The summed E-state index contributed by atoms with van der Waals surface area (Å²) in [5, 5.41) is 7.45. The van der Waals surface area contributed by atoms with Gasteiger partial charge in [-0.25, -0.2) is 4.98 Å². The Morgan fingerprint density at radius 2 is 2.32 bits per heavy atom. The number of nitrogens with one attached hydrogen (secondary N) is 1. The van der Waals surface area contributed by atoms with Crippen molar-refractivity contribution in [1.82, 2.24) is 10.3 Å². The first-order valence-corrected chi connectivity index (χ1v) is 8.54. The zero-order valence-electron chi connectivity index (χ0n) is 10.9. The lowest BCUT2D eigenvalue weighted by Gasteiger charge is -2.00. The summed E-state index contributed by atoms with van der Waals surface area (Å²) in [6.45, 7) is 4.08. The predicted molar refractivity (Wildman–Crippen MR) is 85.1 cm³/mol. The fourth-order valence-electron chi connectivity index (χ4n) is 1.59. The van der Waals surface area contributed by atoms with Crippen molar-refractivity contribution in [3.63, 3.8) is 0 Å². The third-order valence-electron chi connectivity index (χ3n) is 2.49. The van der Waals surface area contributed by atoms with Crippen molar-refractivity contribution in [2.45, 2.75) is 30.5 Å². The van der Waals surface area contributed by atoms with Crippen LogP contribution in [-0.4, -0.2) is 11.5 Å². The Bertz CT molecular complexity index is 514. The molecule has 1 aromatic heterocycles. The van der Waals surface area contributed by atoms with Crippen LogP contribution in [0.1, 0.15) is 24.0 Å². The van der Waals surface area contributed by atoms with Gasteiger partial charge in [-0.05, 0) is 31.2 Å². The first-order chi connectivity index (χ1) is 9.28. The van der Waals surface area contributed by atoms with Gasteiger partial charge < -0.3 is 5.32 Å². The van der Waals surface area contributed by atoms with Crippen LogP contribution in [0.15, 0.2) is 34.5 Å². The van der Waals surface area contributed by atoms with Crippen LogP contribution >= 0.6 is 34.7 Å². The lowest BCUT2D eigenvalue weighted by atomic mass is 10.4. The third-order valence-corrected chi connectivity index (χ3v) is 4.81. The van der Waals surface area contributed by atoms with Crippen LogP contribution in [-0.2, 0) is 12.3 Å². The molecule has 0 unspecified atom stereocenters. The molecule has 0 aliphatic rings. The Morgan fingerprint density at radius 3 is 3.11 bits per heavy atom. The van der Waals surface area contributed by atoms with Crippen LogP contribution in [0.25, 0.3) is 0 Å². The molecule has 102 valence electrons. The Labute approximate surface area is 127 Å². The first kappa shape index (κ1) is 14.9. The van der Waals surface area contributed by atoms with Crippen LogP contribution in [0.3, 0.4) is 0 Å². The van der Waals surface area contributed by atoms with Gasteiger partial charge in [0.1, 0.15) is 5.01 Å². The number of hydrogen-bond acceptors (Lipinski definition) is 4. The molecule has 0 atom stereocenters. The highest BCUT2D eigenvalue weighted by molar-refractivity contribution is 7.98. The van der Waals surface area contributed by atoms with Crippen LogP contribution < -0.4 is 5.32 Å². The highest BCUT2D eigenvalue weighted by atomic mass is 35.5. The van der Waals surface area contributed by atoms with E-state index >= 15 is 0 Å². The van der Waals surface area contributed by atoms with E-state index < -0.39 is 0 Å². The Hall–Kier alpha value is -0.550. The SMILES string of the molecule is CCCNCc1csc(CSc2cccc(Cl)c2)n1. The topological polar surface area (TPSA) is 24.9 Å². The monoisotopic (exact) mass is 312 g/mol. The molecule has 1 heterocycles. The van der Waals surface area contributed by atoms with E-state index in [-0.39, 0.29) is 0 Å². The number of benzene rings is 1. The minimum absolute atomic E-state index is 0.786. The zero-order chi connectivity index (χ0) is 13.5. The van der Waals surface area contributed by atoms with E-state index in [2.05, 4.69) is 28.7 Å². The maximum absolute atomic E-state index is 5.97. The molecule has 2 nitrogen and oxygen atoms in total. The van der Waals surface area contributed by atoms with Gasteiger partial charge in [0.05, 0.1) is 11.4 Å². The van der Waals surface area contributed by atoms with E-state index in [9.17, 15) is 0 Å². The number of rotatable bonds is 7. The Morgan fingerprint density at radius 1 is 1.42 bits per heavy atom. The maximum Gasteiger partial charge on any atom is 0.103 e. The van der Waals surface area contributed by atoms with Crippen molar-refractivity contribution < 1.29 is 0 Å². The van der Waals surface area contributed by atoms with Crippen molar-refractivity contribution >= 4 is 34.7 Å². The summed E-state index contributed by atoms with van der Waals surface area (Å²) in [6.07, 6.45) is 1.15. The molecule has 0 saturated heterocycles. The molecule has 1 aromatic carbocycles. The molecule has 0 spiro atoms. The quantitative estimate of drug-likeness (QED) is 0.598. The van der Waals surface area contributed by atoms with Crippen LogP contribution in [0.2, 0.25) is 5.02 Å². The van der Waals surface area contributed by atoms with E-state index in [4.69, 9.17) is 11.6 Å². The average molecular weight is 313 g/mol. The smallest absolute Gasteiger partial charge is 0.103 e. The van der Waals surface area contributed by atoms with Crippen molar-refractivity contribution in [2.24, 2.45) is 0 Å². The van der Waals surface area contributed by atoms with E-state index in [1.807, 2.05) is 18.2 Å². The van der Waals surface area contributed by atoms with Crippen molar-refractivity contribution in [3.8, 4) is 0 Å². The number of hydrogen-bond donors (Lipinski definition) is 1. The summed E-state index contributed by atoms with van der Waals surface area (Å²) in [5.74, 6) is 0.902. The van der Waals surface area contributed by atoms with Crippen molar-refractivity contribution in [2.75, 3.05) is 6.54 Å². The molecular formula is C14H17ClN2S2. The van der Waals surface area contributed by atoms with E-state index in [0.29, 0.717) is 0 Å². The summed E-state index contributed by atoms with van der Waals surface area (Å²) in [5.41, 5.74) is 1.14. The number of halogens is 1. The molecule has 0 radical (unpaired) electrons. The second kappa shape index (κ2) is 7.90. The van der Waals surface area contributed by atoms with Gasteiger partial charge in [-0.1, -0.05) is 24.6 Å². The average Bonchev–Trinajstić information content (AvgIpc) is 2.85. The standard InChI is InChI=1S/C14H17ClN2S2/c1-2-6-16-8-12-9-19-14(17-12)10-18-13-5-3-4-11(15)7-13/h3-5,7,9,16H,2,6,8,10H2,1H3. The van der Waals surface area contributed by atoms with Crippen molar-refractivity contribution in [3.05, 3.63) is 45.4 Å². The highest BCUT2D eigenvalue weighted by Crippen LogP contribution is 2.26. The highest BCUT2D eigenvalue weighted by Gasteiger charge is 2.03. The van der Waals surface area contributed by atoms with Crippen molar-refractivity contribution in [1.29, 1.82) is 0 Å². The summed E-state index contributed by atoms with van der Waals surface area (Å²) >= 11 is 9.47. The van der Waals surface area contributed by atoms with Crippen LogP contribution in [0, 0.1) is 0 Å². The van der Waals surface area contributed by atoms with Gasteiger partial charge in [0.15, 0.2) is 0 Å². The fraction of sp³-hybridized carbons (Fsp3) is 0.357. The molecule has 2 rings (SSSR count). The molecular weight excluding hydrogens is 296 g/mol. The molecule has 1 N–H and O–H groups in total. The summed E-state index contributed by atoms with van der Waals surface area (Å²) in [4.78, 5) is 5.81. The minimum atomic E-state index is 0.786. The molecule has 0 bridgehead atoms. The lowest BCUT2D eigenvalue weighted by molar-refractivity contribution is 0.666. The normalized spacial score (nSPS) is 10.8. The van der Waals surface area contributed by atoms with E-state index in [1.165, 1.54) is 9.90 Å². The summed E-state index contributed by atoms with van der Waals surface area (Å²) < 4.78 is 0. The van der Waals surface area contributed by atoms with Gasteiger partial charge in [0, 0.05) is 21.8 Å². The largest absolute Gasteiger partial charge is 0.311 e. The number of nitrogens with zero attached hydrogens (tertiary/aromatic N) is 1. The fourth-order valence-corrected chi connectivity index (χ4v) is 3.61. The minimum Gasteiger partial charge on any atom is -0.311 e. The van der Waals surface area contributed by atoms with Gasteiger partial charge in [0.25, 0.3) is 0 Å². The van der Waals surface area contributed by atoms with Gasteiger partial charge in [-0.2, -0.15) is 0 Å². The first-order valence-electron chi connectivity index (χ1n) is 6.30. The zero-order valence-corrected chi connectivity index (χ0v) is 13.2. The number of aromatic nitrogens is 1. The lowest BCUT2D eigenvalue weighted by Crippen LogP contribution is -2.13. The predicted octanol–water partition coefficient (Wildman–Crippen LogP) is 4.59. The molecule has 0 aliphatic heterocycles. The molecule has 2 aromatic rings. The van der Waals surface area contributed by atoms with Gasteiger partial charge in [-0.3, -0.25) is 0 Å². The Balaban J connectivity index is 1.83. The van der Waals surface area contributed by atoms with Crippen LogP contribution in [0.4, 0.5) is 0 Å². The number of thioether (sulfide) groups is 1. The second-order valence-electron chi connectivity index (χ2n) is 4.16. The molecule has 0 aliphatic carbocycles. The van der Waals surface area contributed by atoms with E-state index in [1.54, 1.807) is 23.1 Å². The summed E-state index contributed by atoms with van der Waals surface area (Å²) in [6, 6.07) is 7.94. The Kier molecular flexibility index (Phi) is 6.17. The summed E-state index contributed by atoms with van der Waals surface area (Å²) in [7, 11) is 0. The molecule has 5 heteroatoms. The van der Waals surface area contributed by atoms with Crippen LogP contribution in [0.5, 0.6) is 0 Å². The molecule has 0 saturated carbocycles. The van der Waals surface area contributed by atoms with Gasteiger partial charge in [-0.15, -0.1) is 23.1 Å². The molecule has 0 amide bonds. The van der Waals surface area contributed by atoms with Gasteiger partial charge in [0.2, 0.25) is 0 Å². The second-order valence-corrected chi connectivity index (χ2v) is 6.58. The van der Waals surface area contributed by atoms with Gasteiger partial charge >= 0.3 is 0 Å².